The fraction of sp³-hybridized carbons (Fsp3) is 0.643. The van der Waals surface area contributed by atoms with Gasteiger partial charge in [0.1, 0.15) is 6.61 Å². The minimum absolute atomic E-state index is 0.141. The highest BCUT2D eigenvalue weighted by Crippen LogP contribution is 2.12. The van der Waals surface area contributed by atoms with E-state index in [1.165, 1.54) is 0 Å². The molecule has 0 aromatic heterocycles. The van der Waals surface area contributed by atoms with Crippen molar-refractivity contribution >= 4 is 6.02 Å². The van der Waals surface area contributed by atoms with Crippen LogP contribution in [0.25, 0.3) is 0 Å². The molecule has 18 heavy (non-hydrogen) atoms. The van der Waals surface area contributed by atoms with Gasteiger partial charge in [-0.3, -0.25) is 5.41 Å². The molecule has 0 aromatic rings. The summed E-state index contributed by atoms with van der Waals surface area (Å²) in [6.45, 7) is 14.1. The third-order valence-corrected chi connectivity index (χ3v) is 2.64. The molecule has 1 heterocycles. The van der Waals surface area contributed by atoms with Gasteiger partial charge in [0.2, 0.25) is 0 Å². The van der Waals surface area contributed by atoms with Crippen molar-refractivity contribution in [2.75, 3.05) is 26.3 Å². The van der Waals surface area contributed by atoms with Gasteiger partial charge in [0, 0.05) is 19.7 Å². The highest BCUT2D eigenvalue weighted by molar-refractivity contribution is 5.71. The lowest BCUT2D eigenvalue weighted by atomic mass is 10.2. The number of hydrogen-bond acceptors (Lipinski definition) is 3. The molecule has 0 radical (unpaired) electrons. The van der Waals surface area contributed by atoms with Crippen LogP contribution in [0.4, 0.5) is 0 Å². The van der Waals surface area contributed by atoms with Crippen LogP contribution in [0.2, 0.25) is 0 Å². The van der Waals surface area contributed by atoms with Crippen molar-refractivity contribution in [3.63, 3.8) is 0 Å². The van der Waals surface area contributed by atoms with Gasteiger partial charge in [0.05, 0.1) is 6.10 Å². The van der Waals surface area contributed by atoms with E-state index in [4.69, 9.17) is 14.9 Å². The lowest BCUT2D eigenvalue weighted by Crippen LogP contribution is -2.36. The summed E-state index contributed by atoms with van der Waals surface area (Å²) >= 11 is 0. The quantitative estimate of drug-likeness (QED) is 0.449. The molecule has 0 aliphatic carbocycles. The van der Waals surface area contributed by atoms with Gasteiger partial charge in [-0.05, 0) is 26.7 Å². The average molecular weight is 252 g/mol. The largest absolute Gasteiger partial charge is 0.463 e. The molecule has 0 amide bonds. The average Bonchev–Trinajstić information content (AvgIpc) is 2.76. The summed E-state index contributed by atoms with van der Waals surface area (Å²) in [6.07, 6.45) is 2.25. The first-order valence-electron chi connectivity index (χ1n) is 6.35. The molecule has 0 spiro atoms. The van der Waals surface area contributed by atoms with Crippen LogP contribution in [0.5, 0.6) is 0 Å². The van der Waals surface area contributed by atoms with Gasteiger partial charge in [-0.15, -0.1) is 0 Å². The number of hydrogen-bond donors (Lipinski definition) is 1. The van der Waals surface area contributed by atoms with Gasteiger partial charge in [-0.1, -0.05) is 24.3 Å². The summed E-state index contributed by atoms with van der Waals surface area (Å²) in [5.74, 6) is 0. The SMILES string of the molecule is C=C(C)CN(CC(=C)C)C(=N)OC[C@H]1CCCO1. The third-order valence-electron chi connectivity index (χ3n) is 2.64. The van der Waals surface area contributed by atoms with E-state index in [1.54, 1.807) is 0 Å². The lowest BCUT2D eigenvalue weighted by Gasteiger charge is -2.25. The van der Waals surface area contributed by atoms with Gasteiger partial charge in [-0.2, -0.15) is 0 Å². The standard InChI is InChI=1S/C14H24N2O2/c1-11(2)8-16(9-12(3)4)14(15)18-10-13-6-5-7-17-13/h13,15H,1,3,5-10H2,2,4H3/t13-/m1/s1. The molecule has 0 saturated carbocycles. The number of nitrogens with zero attached hydrogens (tertiary/aromatic N) is 1. The van der Waals surface area contributed by atoms with Crippen molar-refractivity contribution in [2.45, 2.75) is 32.8 Å². The van der Waals surface area contributed by atoms with Gasteiger partial charge in [-0.25, -0.2) is 0 Å². The topological polar surface area (TPSA) is 45.6 Å². The Hall–Kier alpha value is -1.29. The molecular formula is C14H24N2O2. The first-order valence-corrected chi connectivity index (χ1v) is 6.35. The molecule has 1 atom stereocenters. The van der Waals surface area contributed by atoms with Crippen molar-refractivity contribution in [2.24, 2.45) is 0 Å². The second-order valence-electron chi connectivity index (χ2n) is 5.02. The first-order chi connectivity index (χ1) is 8.49. The van der Waals surface area contributed by atoms with E-state index >= 15 is 0 Å². The van der Waals surface area contributed by atoms with E-state index in [0.29, 0.717) is 19.7 Å². The number of nitrogens with one attached hydrogen (secondary N) is 1. The van der Waals surface area contributed by atoms with Crippen molar-refractivity contribution < 1.29 is 9.47 Å². The van der Waals surface area contributed by atoms with E-state index in [2.05, 4.69) is 13.2 Å². The maximum absolute atomic E-state index is 7.96. The fourth-order valence-electron chi connectivity index (χ4n) is 1.89. The van der Waals surface area contributed by atoms with E-state index < -0.39 is 0 Å². The fourth-order valence-corrected chi connectivity index (χ4v) is 1.89. The maximum Gasteiger partial charge on any atom is 0.285 e. The molecule has 4 heteroatoms. The summed E-state index contributed by atoms with van der Waals surface area (Å²) in [4.78, 5) is 1.83. The summed E-state index contributed by atoms with van der Waals surface area (Å²) in [5, 5.41) is 7.96. The zero-order valence-electron chi connectivity index (χ0n) is 11.5. The van der Waals surface area contributed by atoms with E-state index in [1.807, 2.05) is 18.7 Å². The monoisotopic (exact) mass is 252 g/mol. The van der Waals surface area contributed by atoms with Crippen LogP contribution in [0, 0.1) is 5.41 Å². The van der Waals surface area contributed by atoms with Crippen LogP contribution in [-0.2, 0) is 9.47 Å². The van der Waals surface area contributed by atoms with E-state index in [9.17, 15) is 0 Å². The van der Waals surface area contributed by atoms with Crippen LogP contribution in [-0.4, -0.2) is 43.3 Å². The minimum Gasteiger partial charge on any atom is -0.463 e. The highest BCUT2D eigenvalue weighted by Gasteiger charge is 2.18. The Kier molecular flexibility index (Phi) is 5.92. The summed E-state index contributed by atoms with van der Waals surface area (Å²) in [6, 6.07) is 0.177. The Morgan fingerprint density at radius 2 is 1.94 bits per heavy atom. The van der Waals surface area contributed by atoms with Crippen LogP contribution in [0.15, 0.2) is 24.3 Å². The Morgan fingerprint density at radius 3 is 2.39 bits per heavy atom. The van der Waals surface area contributed by atoms with Gasteiger partial charge >= 0.3 is 0 Å². The van der Waals surface area contributed by atoms with Gasteiger partial charge in [0.15, 0.2) is 0 Å². The predicted molar refractivity (Wildman–Crippen MR) is 73.9 cm³/mol. The third kappa shape index (κ3) is 5.36. The van der Waals surface area contributed by atoms with Crippen molar-refractivity contribution in [1.82, 2.24) is 4.90 Å². The molecule has 1 fully saturated rings. The molecule has 0 aromatic carbocycles. The number of ether oxygens (including phenoxy) is 2. The molecule has 1 aliphatic rings. The Labute approximate surface area is 110 Å². The smallest absolute Gasteiger partial charge is 0.285 e. The second kappa shape index (κ2) is 7.21. The van der Waals surface area contributed by atoms with Crippen molar-refractivity contribution in [3.8, 4) is 0 Å². The molecule has 1 aliphatic heterocycles. The lowest BCUT2D eigenvalue weighted by molar-refractivity contribution is 0.0563. The zero-order chi connectivity index (χ0) is 13.5. The van der Waals surface area contributed by atoms with E-state index in [-0.39, 0.29) is 12.1 Å². The summed E-state index contributed by atoms with van der Waals surface area (Å²) < 4.78 is 11.0. The molecule has 0 bridgehead atoms. The zero-order valence-corrected chi connectivity index (χ0v) is 11.5. The second-order valence-corrected chi connectivity index (χ2v) is 5.02. The van der Waals surface area contributed by atoms with Crippen molar-refractivity contribution in [3.05, 3.63) is 24.3 Å². The summed E-state index contributed by atoms with van der Waals surface area (Å²) in [7, 11) is 0. The summed E-state index contributed by atoms with van der Waals surface area (Å²) in [5.41, 5.74) is 2.00. The molecule has 0 unspecified atom stereocenters. The minimum atomic E-state index is 0.141. The van der Waals surface area contributed by atoms with Crippen molar-refractivity contribution in [1.29, 1.82) is 5.41 Å². The molecule has 1 saturated heterocycles. The first kappa shape index (κ1) is 14.8. The highest BCUT2D eigenvalue weighted by atomic mass is 16.5. The molecule has 1 N–H and O–H groups in total. The number of amidine groups is 1. The van der Waals surface area contributed by atoms with Gasteiger partial charge < -0.3 is 14.4 Å². The molecular weight excluding hydrogens is 228 g/mol. The van der Waals surface area contributed by atoms with Crippen LogP contribution >= 0.6 is 0 Å². The Bertz CT molecular complexity index is 304. The Morgan fingerprint density at radius 1 is 1.33 bits per heavy atom. The Balaban J connectivity index is 2.41. The van der Waals surface area contributed by atoms with Crippen LogP contribution < -0.4 is 0 Å². The normalized spacial score (nSPS) is 18.4. The molecule has 1 rings (SSSR count). The van der Waals surface area contributed by atoms with Gasteiger partial charge in [0.25, 0.3) is 6.02 Å². The molecule has 102 valence electrons. The van der Waals surface area contributed by atoms with E-state index in [0.717, 1.165) is 30.6 Å². The number of rotatable bonds is 6. The van der Waals surface area contributed by atoms with Crippen LogP contribution in [0.3, 0.4) is 0 Å². The maximum atomic E-state index is 7.96. The predicted octanol–water partition coefficient (Wildman–Crippen LogP) is 2.57. The van der Waals surface area contributed by atoms with Crippen LogP contribution in [0.1, 0.15) is 26.7 Å². The molecule has 4 nitrogen and oxygen atoms in total.